The van der Waals surface area contributed by atoms with Crippen molar-refractivity contribution in [2.75, 3.05) is 44.8 Å². The summed E-state index contributed by atoms with van der Waals surface area (Å²) in [4.78, 5) is 31.1. The molecule has 1 N–H and O–H groups in total. The minimum absolute atomic E-state index is 0.00677. The zero-order chi connectivity index (χ0) is 28.4. The van der Waals surface area contributed by atoms with E-state index in [0.717, 1.165) is 55.6 Å². The van der Waals surface area contributed by atoms with Crippen LogP contribution in [0.15, 0.2) is 24.7 Å². The van der Waals surface area contributed by atoms with E-state index in [1.54, 1.807) is 7.05 Å². The quantitative estimate of drug-likeness (QED) is 0.553. The second-order valence-electron chi connectivity index (χ2n) is 11.9. The van der Waals surface area contributed by atoms with E-state index in [1.165, 1.54) is 16.9 Å². The van der Waals surface area contributed by atoms with Crippen LogP contribution >= 0.6 is 0 Å². The number of hydrogen-bond donors (Lipinski definition) is 1. The van der Waals surface area contributed by atoms with Crippen molar-refractivity contribution in [3.8, 4) is 0 Å². The molecule has 39 heavy (non-hydrogen) atoms. The minimum atomic E-state index is -3.17. The summed E-state index contributed by atoms with van der Waals surface area (Å²) in [6.45, 7) is 12.0. The first kappa shape index (κ1) is 29.4. The maximum Gasteiger partial charge on any atom is 0.272 e. The lowest BCUT2D eigenvalue weighted by molar-refractivity contribution is 0.0542. The van der Waals surface area contributed by atoms with Crippen molar-refractivity contribution < 1.29 is 13.2 Å². The Morgan fingerprint density at radius 3 is 2.28 bits per heavy atom. The molecular formula is C28H43N7O3S. The van der Waals surface area contributed by atoms with Gasteiger partial charge in [-0.3, -0.25) is 9.78 Å². The molecule has 0 aromatic carbocycles. The molecule has 4 heterocycles. The molecule has 2 fully saturated rings. The van der Waals surface area contributed by atoms with Gasteiger partial charge in [-0.15, -0.1) is 0 Å². The molecule has 0 atom stereocenters. The summed E-state index contributed by atoms with van der Waals surface area (Å²) < 4.78 is 25.3. The number of amides is 1. The highest BCUT2D eigenvalue weighted by Gasteiger charge is 2.33. The van der Waals surface area contributed by atoms with E-state index in [1.807, 2.05) is 18.0 Å². The maximum atomic E-state index is 13.4. The standard InChI is InChI=1S/C28H43N7O3S/c1-20-25(31-19-32-26(20)30-18-21-7-8-24(29-17-21)28(2,3)4)27(36)35-15-11-23(12-16-35)34-13-9-22(10-14-34)33(5)39(6,37)38/h7-8,17,19,22-23H,9-16,18H2,1-6H3,(H,30,31,32). The van der Waals surface area contributed by atoms with Crippen molar-refractivity contribution in [2.45, 2.75) is 77.4 Å². The van der Waals surface area contributed by atoms with Gasteiger partial charge in [0, 0.05) is 61.6 Å². The first-order valence-corrected chi connectivity index (χ1v) is 15.7. The van der Waals surface area contributed by atoms with Crippen LogP contribution in [0, 0.1) is 6.92 Å². The third kappa shape index (κ3) is 7.12. The average molecular weight is 558 g/mol. The molecule has 0 unspecified atom stereocenters. The van der Waals surface area contributed by atoms with Crippen molar-refractivity contribution in [3.63, 3.8) is 0 Å². The van der Waals surface area contributed by atoms with Gasteiger partial charge >= 0.3 is 0 Å². The van der Waals surface area contributed by atoms with E-state index in [9.17, 15) is 13.2 Å². The molecule has 1 amide bonds. The summed E-state index contributed by atoms with van der Waals surface area (Å²) in [5.74, 6) is 0.603. The largest absolute Gasteiger partial charge is 0.366 e. The molecule has 2 saturated heterocycles. The number of carbonyl (C=O) groups is 1. The molecule has 2 aliphatic rings. The van der Waals surface area contributed by atoms with E-state index in [0.29, 0.717) is 37.2 Å². The Morgan fingerprint density at radius 2 is 1.72 bits per heavy atom. The lowest BCUT2D eigenvalue weighted by Crippen LogP contribution is -2.52. The molecule has 2 aromatic rings. The fraction of sp³-hybridized carbons (Fsp3) is 0.643. The Balaban J connectivity index is 1.30. The van der Waals surface area contributed by atoms with Crippen LogP contribution in [0.25, 0.3) is 0 Å². The number of nitrogens with one attached hydrogen (secondary N) is 1. The lowest BCUT2D eigenvalue weighted by Gasteiger charge is -2.43. The van der Waals surface area contributed by atoms with E-state index in [2.05, 4.69) is 58.1 Å². The van der Waals surface area contributed by atoms with Crippen molar-refractivity contribution >= 4 is 21.7 Å². The van der Waals surface area contributed by atoms with Gasteiger partial charge < -0.3 is 15.1 Å². The van der Waals surface area contributed by atoms with Crippen molar-refractivity contribution in [1.29, 1.82) is 0 Å². The summed E-state index contributed by atoms with van der Waals surface area (Å²) in [5, 5.41) is 3.35. The number of aromatic nitrogens is 3. The molecular weight excluding hydrogens is 514 g/mol. The van der Waals surface area contributed by atoms with Crippen LogP contribution < -0.4 is 5.32 Å². The van der Waals surface area contributed by atoms with E-state index >= 15 is 0 Å². The number of pyridine rings is 1. The Labute approximate surface area is 233 Å². The number of piperidine rings is 2. The van der Waals surface area contributed by atoms with E-state index in [-0.39, 0.29) is 17.4 Å². The summed E-state index contributed by atoms with van der Waals surface area (Å²) in [5.41, 5.74) is 3.29. The van der Waals surface area contributed by atoms with Gasteiger partial charge in [0.05, 0.1) is 6.26 Å². The van der Waals surface area contributed by atoms with Gasteiger partial charge in [-0.25, -0.2) is 22.7 Å². The summed E-state index contributed by atoms with van der Waals surface area (Å²) in [6, 6.07) is 4.61. The van der Waals surface area contributed by atoms with Gasteiger partial charge in [0.2, 0.25) is 10.0 Å². The fourth-order valence-electron chi connectivity index (χ4n) is 5.47. The summed E-state index contributed by atoms with van der Waals surface area (Å²) in [7, 11) is -1.49. The van der Waals surface area contributed by atoms with Gasteiger partial charge in [0.15, 0.2) is 0 Å². The third-order valence-electron chi connectivity index (χ3n) is 8.14. The summed E-state index contributed by atoms with van der Waals surface area (Å²) in [6.07, 6.45) is 8.11. The molecule has 4 rings (SSSR count). The molecule has 2 aliphatic heterocycles. The van der Waals surface area contributed by atoms with Crippen molar-refractivity contribution in [3.05, 3.63) is 47.2 Å². The zero-order valence-corrected chi connectivity index (χ0v) is 25.0. The normalized spacial score (nSPS) is 18.5. The molecule has 0 radical (unpaired) electrons. The predicted molar refractivity (Wildman–Crippen MR) is 153 cm³/mol. The van der Waals surface area contributed by atoms with Crippen molar-refractivity contribution in [1.82, 2.24) is 29.1 Å². The molecule has 10 nitrogen and oxygen atoms in total. The zero-order valence-electron chi connectivity index (χ0n) is 24.1. The van der Waals surface area contributed by atoms with Gasteiger partial charge in [-0.1, -0.05) is 26.8 Å². The SMILES string of the molecule is Cc1c(NCc2ccc(C(C)(C)C)nc2)ncnc1C(=O)N1CCC(N2CCC(N(C)S(C)(=O)=O)CC2)CC1. The molecule has 0 saturated carbocycles. The molecule has 0 spiro atoms. The highest BCUT2D eigenvalue weighted by molar-refractivity contribution is 7.88. The van der Waals surface area contributed by atoms with Crippen molar-refractivity contribution in [2.24, 2.45) is 0 Å². The predicted octanol–water partition coefficient (Wildman–Crippen LogP) is 3.05. The fourth-order valence-corrected chi connectivity index (χ4v) is 6.22. The number of hydrogen-bond acceptors (Lipinski definition) is 8. The first-order valence-electron chi connectivity index (χ1n) is 13.8. The second kappa shape index (κ2) is 11.9. The number of nitrogens with zero attached hydrogens (tertiary/aromatic N) is 6. The van der Waals surface area contributed by atoms with E-state index < -0.39 is 10.0 Å². The smallest absolute Gasteiger partial charge is 0.272 e. The first-order chi connectivity index (χ1) is 18.3. The van der Waals surface area contributed by atoms with Gasteiger partial charge in [-0.2, -0.15) is 0 Å². The Morgan fingerprint density at radius 1 is 1.05 bits per heavy atom. The molecule has 0 bridgehead atoms. The molecule has 0 aliphatic carbocycles. The second-order valence-corrected chi connectivity index (χ2v) is 14.0. The van der Waals surface area contributed by atoms with Gasteiger partial charge in [-0.05, 0) is 57.3 Å². The molecule has 11 heteroatoms. The van der Waals surface area contributed by atoms with Crippen LogP contribution in [0.5, 0.6) is 0 Å². The van der Waals surface area contributed by atoms with Crippen LogP contribution in [0.2, 0.25) is 0 Å². The topological polar surface area (TPSA) is 112 Å². The number of sulfonamides is 1. The highest BCUT2D eigenvalue weighted by Crippen LogP contribution is 2.26. The monoisotopic (exact) mass is 557 g/mol. The maximum absolute atomic E-state index is 13.4. The van der Waals surface area contributed by atoms with Crippen LogP contribution in [0.4, 0.5) is 5.82 Å². The van der Waals surface area contributed by atoms with Crippen LogP contribution in [0.3, 0.4) is 0 Å². The summed E-state index contributed by atoms with van der Waals surface area (Å²) >= 11 is 0. The number of rotatable bonds is 7. The molecule has 214 valence electrons. The third-order valence-corrected chi connectivity index (χ3v) is 9.49. The van der Waals surface area contributed by atoms with Gasteiger partial charge in [0.1, 0.15) is 17.8 Å². The Kier molecular flexibility index (Phi) is 8.92. The number of likely N-dealkylation sites (tertiary alicyclic amines) is 2. The average Bonchev–Trinajstić information content (AvgIpc) is 2.91. The molecule has 2 aromatic heterocycles. The number of anilines is 1. The minimum Gasteiger partial charge on any atom is -0.366 e. The number of carbonyl (C=O) groups excluding carboxylic acids is 1. The van der Waals surface area contributed by atoms with Crippen LogP contribution in [-0.4, -0.2) is 94.9 Å². The Bertz CT molecular complexity index is 1240. The van der Waals surface area contributed by atoms with Gasteiger partial charge in [0.25, 0.3) is 5.91 Å². The van der Waals surface area contributed by atoms with Crippen LogP contribution in [-0.2, 0) is 22.0 Å². The lowest BCUT2D eigenvalue weighted by atomic mass is 9.91. The Hall–Kier alpha value is -2.63. The highest BCUT2D eigenvalue weighted by atomic mass is 32.2. The van der Waals surface area contributed by atoms with Crippen LogP contribution in [0.1, 0.15) is 73.8 Å². The van der Waals surface area contributed by atoms with E-state index in [4.69, 9.17) is 0 Å².